The van der Waals surface area contributed by atoms with E-state index in [1.807, 2.05) is 13.0 Å². The van der Waals surface area contributed by atoms with Gasteiger partial charge in [-0.1, -0.05) is 25.5 Å². The number of carbonyl (C=O) groups excluding carboxylic acids is 1. The van der Waals surface area contributed by atoms with Crippen LogP contribution in [0.4, 0.5) is 4.39 Å². The highest BCUT2D eigenvalue weighted by molar-refractivity contribution is 5.94. The van der Waals surface area contributed by atoms with E-state index in [0.29, 0.717) is 6.42 Å². The van der Waals surface area contributed by atoms with Gasteiger partial charge in [-0.15, -0.1) is 0 Å². The monoisotopic (exact) mass is 220 g/mol. The lowest BCUT2D eigenvalue weighted by molar-refractivity contribution is 0.0940. The van der Waals surface area contributed by atoms with Crippen molar-refractivity contribution in [2.75, 3.05) is 0 Å². The van der Waals surface area contributed by atoms with E-state index in [9.17, 15) is 9.18 Å². The average molecular weight is 220 g/mol. The summed E-state index contributed by atoms with van der Waals surface area (Å²) in [7, 11) is 0. The molecule has 0 aromatic heterocycles. The highest BCUT2D eigenvalue weighted by Crippen LogP contribution is 2.07. The molecule has 1 N–H and O–H groups in total. The summed E-state index contributed by atoms with van der Waals surface area (Å²) in [5.74, 6) is -1.12. The maximum Gasteiger partial charge on any atom is 0.255 e. The second kappa shape index (κ2) is 5.86. The summed E-state index contributed by atoms with van der Waals surface area (Å²) in [6, 6.07) is 7.12. The number of halogens is 1. The summed E-state index contributed by atoms with van der Waals surface area (Å²) in [5.41, 5.74) is -0.0288. The number of carbonyl (C=O) groups is 1. The Morgan fingerprint density at radius 3 is 2.81 bits per heavy atom. The molecule has 1 atom stereocenters. The Bertz CT molecular complexity index is 412. The minimum Gasteiger partial charge on any atom is -0.336 e. The minimum absolute atomic E-state index is 0.0288. The van der Waals surface area contributed by atoms with Crippen LogP contribution in [0.3, 0.4) is 0 Å². The van der Waals surface area contributed by atoms with E-state index in [-0.39, 0.29) is 5.56 Å². The normalized spacial score (nSPS) is 11.6. The third-order valence-corrected chi connectivity index (χ3v) is 2.16. The van der Waals surface area contributed by atoms with Gasteiger partial charge in [0, 0.05) is 0 Å². The molecule has 1 rings (SSSR count). The molecular formula is C12H13FN2O. The third-order valence-electron chi connectivity index (χ3n) is 2.16. The molecule has 1 unspecified atom stereocenters. The number of hydrogen-bond acceptors (Lipinski definition) is 2. The molecule has 0 aliphatic heterocycles. The van der Waals surface area contributed by atoms with E-state index < -0.39 is 17.8 Å². The van der Waals surface area contributed by atoms with Crippen LogP contribution in [0.5, 0.6) is 0 Å². The van der Waals surface area contributed by atoms with Gasteiger partial charge in [-0.05, 0) is 18.6 Å². The van der Waals surface area contributed by atoms with Crippen molar-refractivity contribution < 1.29 is 9.18 Å². The number of amides is 1. The number of nitrogens with zero attached hydrogens (tertiary/aromatic N) is 1. The molecule has 0 radical (unpaired) electrons. The number of hydrogen-bond donors (Lipinski definition) is 1. The molecule has 0 heterocycles. The topological polar surface area (TPSA) is 52.9 Å². The zero-order valence-electron chi connectivity index (χ0n) is 9.03. The molecule has 3 nitrogen and oxygen atoms in total. The summed E-state index contributed by atoms with van der Waals surface area (Å²) >= 11 is 0. The zero-order valence-corrected chi connectivity index (χ0v) is 9.03. The molecule has 16 heavy (non-hydrogen) atoms. The van der Waals surface area contributed by atoms with Gasteiger partial charge in [-0.25, -0.2) is 4.39 Å². The molecule has 0 saturated heterocycles. The lowest BCUT2D eigenvalue weighted by atomic mass is 10.1. The van der Waals surface area contributed by atoms with Crippen molar-refractivity contribution in [2.24, 2.45) is 0 Å². The SMILES string of the molecule is CCCC(C#N)NC(=O)c1ccccc1F. The van der Waals surface area contributed by atoms with Gasteiger partial charge in [0.1, 0.15) is 11.9 Å². The molecule has 84 valence electrons. The fourth-order valence-electron chi connectivity index (χ4n) is 1.34. The summed E-state index contributed by atoms with van der Waals surface area (Å²) in [5, 5.41) is 11.2. The highest BCUT2D eigenvalue weighted by atomic mass is 19.1. The number of nitriles is 1. The van der Waals surface area contributed by atoms with Gasteiger partial charge in [0.05, 0.1) is 11.6 Å². The Kier molecular flexibility index (Phi) is 4.46. The van der Waals surface area contributed by atoms with E-state index >= 15 is 0 Å². The number of benzene rings is 1. The first-order chi connectivity index (χ1) is 7.69. The van der Waals surface area contributed by atoms with Crippen LogP contribution in [0.15, 0.2) is 24.3 Å². The molecule has 0 saturated carbocycles. The second-order valence-corrected chi connectivity index (χ2v) is 3.42. The Labute approximate surface area is 93.9 Å². The largest absolute Gasteiger partial charge is 0.336 e. The summed E-state index contributed by atoms with van der Waals surface area (Å²) in [6.45, 7) is 1.92. The van der Waals surface area contributed by atoms with Gasteiger partial charge >= 0.3 is 0 Å². The Morgan fingerprint density at radius 2 is 2.25 bits per heavy atom. The first-order valence-electron chi connectivity index (χ1n) is 5.14. The lowest BCUT2D eigenvalue weighted by Gasteiger charge is -2.10. The van der Waals surface area contributed by atoms with Gasteiger partial charge < -0.3 is 5.32 Å². The lowest BCUT2D eigenvalue weighted by Crippen LogP contribution is -2.34. The van der Waals surface area contributed by atoms with Crippen molar-refractivity contribution in [3.05, 3.63) is 35.6 Å². The molecule has 0 spiro atoms. The van der Waals surface area contributed by atoms with Crippen molar-refractivity contribution in [3.63, 3.8) is 0 Å². The van der Waals surface area contributed by atoms with E-state index in [1.54, 1.807) is 6.07 Å². The maximum atomic E-state index is 13.2. The van der Waals surface area contributed by atoms with E-state index in [2.05, 4.69) is 5.32 Å². The van der Waals surface area contributed by atoms with Crippen LogP contribution >= 0.6 is 0 Å². The van der Waals surface area contributed by atoms with E-state index in [1.165, 1.54) is 18.2 Å². The minimum atomic E-state index is -0.576. The molecule has 0 aliphatic carbocycles. The number of rotatable bonds is 4. The van der Waals surface area contributed by atoms with Crippen LogP contribution in [0.1, 0.15) is 30.1 Å². The Morgan fingerprint density at radius 1 is 1.56 bits per heavy atom. The van der Waals surface area contributed by atoms with Crippen LogP contribution < -0.4 is 5.32 Å². The molecule has 0 bridgehead atoms. The summed E-state index contributed by atoms with van der Waals surface area (Å²) < 4.78 is 13.2. The molecule has 1 aromatic carbocycles. The van der Waals surface area contributed by atoms with Gasteiger partial charge in [0.25, 0.3) is 5.91 Å². The highest BCUT2D eigenvalue weighted by Gasteiger charge is 2.14. The van der Waals surface area contributed by atoms with Crippen molar-refractivity contribution in [2.45, 2.75) is 25.8 Å². The van der Waals surface area contributed by atoms with E-state index in [4.69, 9.17) is 5.26 Å². The first-order valence-corrected chi connectivity index (χ1v) is 5.14. The molecule has 0 aliphatic rings. The van der Waals surface area contributed by atoms with Crippen molar-refractivity contribution in [3.8, 4) is 6.07 Å². The van der Waals surface area contributed by atoms with Crippen LogP contribution in [0.25, 0.3) is 0 Å². The summed E-state index contributed by atoms with van der Waals surface area (Å²) in [6.07, 6.45) is 1.35. The van der Waals surface area contributed by atoms with Gasteiger partial charge in [-0.2, -0.15) is 5.26 Å². The van der Waals surface area contributed by atoms with Crippen LogP contribution in [0, 0.1) is 17.1 Å². The molecule has 1 amide bonds. The van der Waals surface area contributed by atoms with Gasteiger partial charge in [-0.3, -0.25) is 4.79 Å². The standard InChI is InChI=1S/C12H13FN2O/c1-2-5-9(8-14)15-12(16)10-6-3-4-7-11(10)13/h3-4,6-7,9H,2,5H2,1H3,(H,15,16). The molecule has 1 aromatic rings. The predicted molar refractivity (Wildman–Crippen MR) is 58.2 cm³/mol. The van der Waals surface area contributed by atoms with Crippen molar-refractivity contribution >= 4 is 5.91 Å². The second-order valence-electron chi connectivity index (χ2n) is 3.42. The maximum absolute atomic E-state index is 13.2. The molecule has 4 heteroatoms. The quantitative estimate of drug-likeness (QED) is 0.846. The van der Waals surface area contributed by atoms with Crippen LogP contribution in [0.2, 0.25) is 0 Å². The smallest absolute Gasteiger partial charge is 0.255 e. The van der Waals surface area contributed by atoms with Gasteiger partial charge in [0.2, 0.25) is 0 Å². The Balaban J connectivity index is 2.73. The van der Waals surface area contributed by atoms with Crippen molar-refractivity contribution in [1.29, 1.82) is 5.26 Å². The molecule has 0 fully saturated rings. The van der Waals surface area contributed by atoms with Crippen molar-refractivity contribution in [1.82, 2.24) is 5.32 Å². The van der Waals surface area contributed by atoms with Crippen LogP contribution in [-0.2, 0) is 0 Å². The van der Waals surface area contributed by atoms with E-state index in [0.717, 1.165) is 6.42 Å². The average Bonchev–Trinajstić information content (AvgIpc) is 2.28. The van der Waals surface area contributed by atoms with Crippen LogP contribution in [-0.4, -0.2) is 11.9 Å². The fourth-order valence-corrected chi connectivity index (χ4v) is 1.34. The molecular weight excluding hydrogens is 207 g/mol. The zero-order chi connectivity index (χ0) is 12.0. The number of nitrogens with one attached hydrogen (secondary N) is 1. The fraction of sp³-hybridized carbons (Fsp3) is 0.333. The summed E-state index contributed by atoms with van der Waals surface area (Å²) in [4.78, 5) is 11.6. The first kappa shape index (κ1) is 12.2. The predicted octanol–water partition coefficient (Wildman–Crippen LogP) is 2.25. The van der Waals surface area contributed by atoms with Gasteiger partial charge in [0.15, 0.2) is 0 Å². The third kappa shape index (κ3) is 3.06. The Hall–Kier alpha value is -1.89.